The first-order valence-electron chi connectivity index (χ1n) is 5.59. The van der Waals surface area contributed by atoms with E-state index in [1.54, 1.807) is 25.4 Å². The minimum absolute atomic E-state index is 0.0605. The van der Waals surface area contributed by atoms with Gasteiger partial charge >= 0.3 is 0 Å². The third-order valence-electron chi connectivity index (χ3n) is 2.83. The first-order chi connectivity index (χ1) is 8.86. The average molecular weight is 279 g/mol. The maximum atomic E-state index is 11.0. The monoisotopic (exact) mass is 279 g/mol. The maximum absolute atomic E-state index is 11.0. The van der Waals surface area contributed by atoms with Crippen LogP contribution >= 0.6 is 0 Å². The van der Waals surface area contributed by atoms with Crippen molar-refractivity contribution in [3.05, 3.63) is 64.1 Å². The molecule has 0 saturated carbocycles. The summed E-state index contributed by atoms with van der Waals surface area (Å²) in [6.45, 7) is 2.30. The second-order valence-corrected chi connectivity index (χ2v) is 5.69. The first-order valence-corrected chi connectivity index (χ1v) is 7.03. The maximum Gasteiger partial charge on any atom is 0.294 e. The van der Waals surface area contributed by atoms with Gasteiger partial charge in [0, 0.05) is 31.1 Å². The summed E-state index contributed by atoms with van der Waals surface area (Å²) in [5.41, 5.74) is 1.61. The van der Waals surface area contributed by atoms with E-state index in [2.05, 4.69) is 0 Å². The van der Waals surface area contributed by atoms with Crippen LogP contribution in [0.25, 0.3) is 0 Å². The van der Waals surface area contributed by atoms with Crippen molar-refractivity contribution in [3.8, 4) is 0 Å². The van der Waals surface area contributed by atoms with E-state index in [1.165, 1.54) is 24.3 Å². The standard InChI is InChI=1S/C13H13NO4S/c1-10-8-13(19(16,17)18)3-2-11(10)9-14-6-4-12(15)5-7-14/h2-8H,9H2,1H3,(H,16,17,18). The molecule has 5 nitrogen and oxygen atoms in total. The largest absolute Gasteiger partial charge is 0.350 e. The van der Waals surface area contributed by atoms with Crippen LogP contribution in [-0.4, -0.2) is 17.5 Å². The van der Waals surface area contributed by atoms with Crippen molar-refractivity contribution in [2.75, 3.05) is 0 Å². The fourth-order valence-electron chi connectivity index (χ4n) is 1.75. The Morgan fingerprint density at radius 3 is 2.32 bits per heavy atom. The van der Waals surface area contributed by atoms with Crippen LogP contribution in [0, 0.1) is 6.92 Å². The molecule has 0 fully saturated rings. The molecule has 1 aromatic heterocycles. The molecule has 0 aliphatic rings. The lowest BCUT2D eigenvalue weighted by Crippen LogP contribution is -2.06. The van der Waals surface area contributed by atoms with Gasteiger partial charge in [0.2, 0.25) is 0 Å². The van der Waals surface area contributed by atoms with Gasteiger partial charge in [-0.3, -0.25) is 9.35 Å². The summed E-state index contributed by atoms with van der Waals surface area (Å²) in [4.78, 5) is 10.9. The van der Waals surface area contributed by atoms with Crippen LogP contribution in [0.3, 0.4) is 0 Å². The van der Waals surface area contributed by atoms with Crippen LogP contribution in [-0.2, 0) is 16.7 Å². The molecule has 1 aromatic carbocycles. The molecule has 1 N–H and O–H groups in total. The van der Waals surface area contributed by atoms with Crippen molar-refractivity contribution in [2.24, 2.45) is 0 Å². The predicted molar refractivity (Wildman–Crippen MR) is 70.8 cm³/mol. The van der Waals surface area contributed by atoms with Crippen LogP contribution in [0.15, 0.2) is 52.4 Å². The minimum Gasteiger partial charge on any atom is -0.350 e. The number of rotatable bonds is 3. The Morgan fingerprint density at radius 2 is 1.79 bits per heavy atom. The van der Waals surface area contributed by atoms with Gasteiger partial charge in [-0.2, -0.15) is 8.42 Å². The third kappa shape index (κ3) is 3.30. The predicted octanol–water partition coefficient (Wildman–Crippen LogP) is 1.45. The summed E-state index contributed by atoms with van der Waals surface area (Å²) in [7, 11) is -4.17. The molecule has 6 heteroatoms. The number of aryl methyl sites for hydroxylation is 1. The summed E-state index contributed by atoms with van der Waals surface area (Å²) in [6, 6.07) is 7.35. The van der Waals surface area contributed by atoms with Crippen LogP contribution in [0.4, 0.5) is 0 Å². The van der Waals surface area contributed by atoms with E-state index in [0.29, 0.717) is 6.54 Å². The van der Waals surface area contributed by atoms with E-state index in [-0.39, 0.29) is 10.3 Å². The van der Waals surface area contributed by atoms with Crippen molar-refractivity contribution in [3.63, 3.8) is 0 Å². The molecule has 0 unspecified atom stereocenters. The lowest BCUT2D eigenvalue weighted by molar-refractivity contribution is 0.483. The van der Waals surface area contributed by atoms with Gasteiger partial charge in [0.25, 0.3) is 10.1 Å². The van der Waals surface area contributed by atoms with E-state index < -0.39 is 10.1 Å². The van der Waals surface area contributed by atoms with Crippen molar-refractivity contribution < 1.29 is 13.0 Å². The topological polar surface area (TPSA) is 76.4 Å². The summed E-state index contributed by atoms with van der Waals surface area (Å²) >= 11 is 0. The Morgan fingerprint density at radius 1 is 1.16 bits per heavy atom. The van der Waals surface area contributed by atoms with Crippen molar-refractivity contribution >= 4 is 10.1 Å². The Bertz CT molecular complexity index is 742. The molecule has 0 amide bonds. The van der Waals surface area contributed by atoms with E-state index >= 15 is 0 Å². The third-order valence-corrected chi connectivity index (χ3v) is 3.68. The van der Waals surface area contributed by atoms with Gasteiger partial charge in [-0.1, -0.05) is 6.07 Å². The molecule has 0 bridgehead atoms. The van der Waals surface area contributed by atoms with Crippen LogP contribution in [0.1, 0.15) is 11.1 Å². The highest BCUT2D eigenvalue weighted by molar-refractivity contribution is 7.85. The zero-order chi connectivity index (χ0) is 14.0. The van der Waals surface area contributed by atoms with E-state index in [4.69, 9.17) is 4.55 Å². The molecule has 0 saturated heterocycles. The van der Waals surface area contributed by atoms with E-state index in [9.17, 15) is 13.2 Å². The van der Waals surface area contributed by atoms with Crippen LogP contribution in [0.2, 0.25) is 0 Å². The zero-order valence-corrected chi connectivity index (χ0v) is 11.1. The average Bonchev–Trinajstić information content (AvgIpc) is 2.33. The Balaban J connectivity index is 2.32. The molecule has 0 aliphatic heterocycles. The summed E-state index contributed by atoms with van der Waals surface area (Å²) in [5, 5.41) is 0. The fraction of sp³-hybridized carbons (Fsp3) is 0.154. The molecule has 0 radical (unpaired) electrons. The highest BCUT2D eigenvalue weighted by Gasteiger charge is 2.10. The summed E-state index contributed by atoms with van der Waals surface area (Å²) in [6.07, 6.45) is 3.33. The molecule has 100 valence electrons. The van der Waals surface area contributed by atoms with Gasteiger partial charge in [0.15, 0.2) is 5.43 Å². The fourth-order valence-corrected chi connectivity index (χ4v) is 2.32. The van der Waals surface area contributed by atoms with E-state index in [0.717, 1.165) is 11.1 Å². The number of nitrogens with zero attached hydrogens (tertiary/aromatic N) is 1. The number of aromatic nitrogens is 1. The van der Waals surface area contributed by atoms with Crippen molar-refractivity contribution in [1.29, 1.82) is 0 Å². The zero-order valence-electron chi connectivity index (χ0n) is 10.3. The molecule has 0 atom stereocenters. The number of pyridine rings is 1. The first kappa shape index (κ1) is 13.5. The number of hydrogen-bond donors (Lipinski definition) is 1. The second kappa shape index (κ2) is 4.99. The SMILES string of the molecule is Cc1cc(S(=O)(=O)O)ccc1Cn1ccc(=O)cc1. The quantitative estimate of drug-likeness (QED) is 0.863. The van der Waals surface area contributed by atoms with Gasteiger partial charge in [-0.15, -0.1) is 0 Å². The molecular weight excluding hydrogens is 266 g/mol. The molecular formula is C13H13NO4S. The van der Waals surface area contributed by atoms with Crippen molar-refractivity contribution in [1.82, 2.24) is 4.57 Å². The van der Waals surface area contributed by atoms with Crippen molar-refractivity contribution in [2.45, 2.75) is 18.4 Å². The number of hydrogen-bond acceptors (Lipinski definition) is 3. The Labute approximate surface area is 110 Å². The van der Waals surface area contributed by atoms with E-state index in [1.807, 2.05) is 4.57 Å². The molecule has 1 heterocycles. The minimum atomic E-state index is -4.17. The molecule has 2 rings (SSSR count). The van der Waals surface area contributed by atoms with Gasteiger partial charge < -0.3 is 4.57 Å². The van der Waals surface area contributed by atoms with Gasteiger partial charge in [-0.05, 0) is 30.2 Å². The molecule has 0 aliphatic carbocycles. The summed E-state index contributed by atoms with van der Waals surface area (Å²) in [5.74, 6) is 0. The van der Waals surface area contributed by atoms with Gasteiger partial charge in [0.05, 0.1) is 4.90 Å². The molecule has 19 heavy (non-hydrogen) atoms. The highest BCUT2D eigenvalue weighted by atomic mass is 32.2. The molecule has 2 aromatic rings. The number of benzene rings is 1. The van der Waals surface area contributed by atoms with Crippen LogP contribution < -0.4 is 5.43 Å². The highest BCUT2D eigenvalue weighted by Crippen LogP contribution is 2.16. The molecule has 0 spiro atoms. The Hall–Kier alpha value is -1.92. The Kier molecular flexibility index (Phi) is 3.55. The smallest absolute Gasteiger partial charge is 0.294 e. The summed E-state index contributed by atoms with van der Waals surface area (Å²) < 4.78 is 32.8. The van der Waals surface area contributed by atoms with Gasteiger partial charge in [0.1, 0.15) is 0 Å². The van der Waals surface area contributed by atoms with Gasteiger partial charge in [-0.25, -0.2) is 0 Å². The normalized spacial score (nSPS) is 11.5. The lowest BCUT2D eigenvalue weighted by atomic mass is 10.1. The lowest BCUT2D eigenvalue weighted by Gasteiger charge is -2.09. The second-order valence-electron chi connectivity index (χ2n) is 4.27. The van der Waals surface area contributed by atoms with Crippen LogP contribution in [0.5, 0.6) is 0 Å².